The zero-order valence-electron chi connectivity index (χ0n) is 18.8. The van der Waals surface area contributed by atoms with Crippen LogP contribution in [0.15, 0.2) is 64.3 Å². The van der Waals surface area contributed by atoms with E-state index in [2.05, 4.69) is 15.1 Å². The predicted octanol–water partition coefficient (Wildman–Crippen LogP) is 4.95. The Labute approximate surface area is 217 Å². The Morgan fingerprint density at radius 2 is 1.84 bits per heavy atom. The molecule has 5 rings (SSSR count). The Morgan fingerprint density at radius 3 is 2.54 bits per heavy atom. The van der Waals surface area contributed by atoms with Crippen LogP contribution >= 0.6 is 23.2 Å². The zero-order chi connectivity index (χ0) is 26.3. The molecule has 182 valence electrons. The number of pyridine rings is 2. The molecule has 0 aliphatic carbocycles. The number of ether oxygens (including phenoxy) is 1. The van der Waals surface area contributed by atoms with Gasteiger partial charge in [-0.1, -0.05) is 23.2 Å². The summed E-state index contributed by atoms with van der Waals surface area (Å²) in [5, 5.41) is 13.7. The van der Waals surface area contributed by atoms with E-state index in [1.165, 1.54) is 24.4 Å². The van der Waals surface area contributed by atoms with Crippen molar-refractivity contribution in [2.45, 2.75) is 6.92 Å². The van der Waals surface area contributed by atoms with Crippen molar-refractivity contribution in [3.05, 3.63) is 103 Å². The third kappa shape index (κ3) is 4.65. The van der Waals surface area contributed by atoms with Gasteiger partial charge in [0.2, 0.25) is 11.6 Å². The van der Waals surface area contributed by atoms with Crippen LogP contribution in [0.1, 0.15) is 11.3 Å². The molecule has 9 nitrogen and oxygen atoms in total. The first-order chi connectivity index (χ1) is 17.7. The molecule has 0 aliphatic rings. The van der Waals surface area contributed by atoms with E-state index in [4.69, 9.17) is 33.2 Å². The molecule has 0 unspecified atom stereocenters. The molecular formula is C25H13Cl2FN6O3. The van der Waals surface area contributed by atoms with Crippen LogP contribution in [0, 0.1) is 24.2 Å². The average molecular weight is 535 g/mol. The van der Waals surface area contributed by atoms with Gasteiger partial charge in [-0.25, -0.2) is 14.8 Å². The summed E-state index contributed by atoms with van der Waals surface area (Å²) in [5.74, 6) is -0.0473. The second-order valence-electron chi connectivity index (χ2n) is 7.84. The smallest absolute Gasteiger partial charge is 0.349 e. The maximum absolute atomic E-state index is 13.6. The van der Waals surface area contributed by atoms with Crippen molar-refractivity contribution >= 4 is 34.1 Å². The second kappa shape index (κ2) is 9.46. The van der Waals surface area contributed by atoms with Crippen molar-refractivity contribution in [3.8, 4) is 34.5 Å². The standard InChI is InChI=1S/C25H13Cl2FN6O3/c1-12-6-20(13-4-5-30-22(28)7-13)31-19-3-2-15(10-16(12)19)37-23-17(26)8-14(9-18(23)27)34-25(36)32-24(35)21(11-29)33-34/h2-10H,1H3,(H,32,35,36). The number of halogens is 3. The summed E-state index contributed by atoms with van der Waals surface area (Å²) in [6.45, 7) is 1.90. The van der Waals surface area contributed by atoms with Gasteiger partial charge in [-0.15, -0.1) is 5.10 Å². The molecule has 0 aliphatic heterocycles. The molecule has 0 amide bonds. The maximum Gasteiger partial charge on any atom is 0.349 e. The lowest BCUT2D eigenvalue weighted by atomic mass is 10.1. The number of aromatic nitrogens is 5. The van der Waals surface area contributed by atoms with E-state index in [0.29, 0.717) is 22.5 Å². The van der Waals surface area contributed by atoms with Crippen LogP contribution < -0.4 is 16.0 Å². The van der Waals surface area contributed by atoms with Gasteiger partial charge in [0.15, 0.2) is 5.75 Å². The highest BCUT2D eigenvalue weighted by atomic mass is 35.5. The van der Waals surface area contributed by atoms with Gasteiger partial charge in [0, 0.05) is 23.2 Å². The van der Waals surface area contributed by atoms with Gasteiger partial charge < -0.3 is 4.74 Å². The summed E-state index contributed by atoms with van der Waals surface area (Å²) in [6, 6.07) is 14.4. The number of aromatic amines is 1. The first-order valence-electron chi connectivity index (χ1n) is 10.6. The van der Waals surface area contributed by atoms with E-state index in [9.17, 15) is 14.0 Å². The Morgan fingerprint density at radius 1 is 1.08 bits per heavy atom. The minimum atomic E-state index is -0.901. The summed E-state index contributed by atoms with van der Waals surface area (Å²) in [7, 11) is 0. The summed E-state index contributed by atoms with van der Waals surface area (Å²) >= 11 is 12.8. The topological polar surface area (TPSA) is 127 Å². The second-order valence-corrected chi connectivity index (χ2v) is 8.66. The third-order valence-corrected chi connectivity index (χ3v) is 5.95. The van der Waals surface area contributed by atoms with Crippen molar-refractivity contribution in [2.24, 2.45) is 0 Å². The van der Waals surface area contributed by atoms with E-state index in [1.54, 1.807) is 30.3 Å². The highest BCUT2D eigenvalue weighted by molar-refractivity contribution is 6.37. The van der Waals surface area contributed by atoms with E-state index in [-0.39, 0.29) is 21.5 Å². The largest absolute Gasteiger partial charge is 0.454 e. The molecule has 0 fully saturated rings. The number of hydrogen-bond acceptors (Lipinski definition) is 7. The van der Waals surface area contributed by atoms with Crippen molar-refractivity contribution in [1.82, 2.24) is 24.7 Å². The summed E-state index contributed by atoms with van der Waals surface area (Å²) in [4.78, 5) is 34.0. The van der Waals surface area contributed by atoms with Crippen LogP contribution in [0.4, 0.5) is 4.39 Å². The van der Waals surface area contributed by atoms with E-state index < -0.39 is 22.9 Å². The van der Waals surface area contributed by atoms with Gasteiger partial charge in [-0.3, -0.25) is 9.78 Å². The molecule has 2 aromatic carbocycles. The van der Waals surface area contributed by atoms with Crippen molar-refractivity contribution in [1.29, 1.82) is 5.26 Å². The minimum absolute atomic E-state index is 0.0610. The fourth-order valence-corrected chi connectivity index (χ4v) is 4.23. The average Bonchev–Trinajstić information content (AvgIpc) is 2.86. The Balaban J connectivity index is 1.50. The van der Waals surface area contributed by atoms with Gasteiger partial charge in [0.25, 0.3) is 5.56 Å². The SMILES string of the molecule is Cc1cc(-c2ccnc(F)c2)nc2ccc(Oc3c(Cl)cc(-n4nc(C#N)c(=O)[nH]c4=O)cc3Cl)cc12. The molecule has 1 N–H and O–H groups in total. The van der Waals surface area contributed by atoms with Crippen molar-refractivity contribution < 1.29 is 9.13 Å². The van der Waals surface area contributed by atoms with E-state index in [1.807, 2.05) is 18.0 Å². The van der Waals surface area contributed by atoms with Crippen LogP contribution in [0.2, 0.25) is 10.0 Å². The van der Waals surface area contributed by atoms with Crippen LogP contribution in [0.5, 0.6) is 11.5 Å². The van der Waals surface area contributed by atoms with Gasteiger partial charge in [0.1, 0.15) is 11.8 Å². The predicted molar refractivity (Wildman–Crippen MR) is 135 cm³/mol. The van der Waals surface area contributed by atoms with Crippen LogP contribution in [0.3, 0.4) is 0 Å². The Kier molecular flexibility index (Phi) is 6.17. The van der Waals surface area contributed by atoms with Crippen LogP contribution in [0.25, 0.3) is 27.8 Å². The Bertz CT molecular complexity index is 1860. The molecule has 0 atom stereocenters. The highest BCUT2D eigenvalue weighted by Gasteiger charge is 2.16. The van der Waals surface area contributed by atoms with Gasteiger partial charge in [0.05, 0.1) is 26.9 Å². The van der Waals surface area contributed by atoms with E-state index in [0.717, 1.165) is 15.6 Å². The lowest BCUT2D eigenvalue weighted by Gasteiger charge is -2.13. The van der Waals surface area contributed by atoms with E-state index >= 15 is 0 Å². The maximum atomic E-state index is 13.6. The molecule has 3 heterocycles. The molecule has 12 heteroatoms. The number of aryl methyl sites for hydroxylation is 1. The molecule has 0 saturated carbocycles. The monoisotopic (exact) mass is 534 g/mol. The van der Waals surface area contributed by atoms with Crippen LogP contribution in [-0.4, -0.2) is 24.7 Å². The summed E-state index contributed by atoms with van der Waals surface area (Å²) < 4.78 is 20.3. The lowest BCUT2D eigenvalue weighted by molar-refractivity contribution is 0.483. The first-order valence-corrected chi connectivity index (χ1v) is 11.3. The van der Waals surface area contributed by atoms with Gasteiger partial charge in [-0.2, -0.15) is 14.3 Å². The number of rotatable bonds is 4. The molecule has 0 bridgehead atoms. The van der Waals surface area contributed by atoms with Gasteiger partial charge in [-0.05, 0) is 55.0 Å². The molecule has 5 aromatic rings. The normalized spacial score (nSPS) is 10.9. The quantitative estimate of drug-likeness (QED) is 0.323. The fraction of sp³-hybridized carbons (Fsp3) is 0.0400. The Hall–Kier alpha value is -4.59. The number of benzene rings is 2. The summed E-state index contributed by atoms with van der Waals surface area (Å²) in [5.41, 5.74) is 0.624. The molecule has 0 saturated heterocycles. The minimum Gasteiger partial charge on any atom is -0.454 e. The highest BCUT2D eigenvalue weighted by Crippen LogP contribution is 2.39. The van der Waals surface area contributed by atoms with Crippen molar-refractivity contribution in [2.75, 3.05) is 0 Å². The number of hydrogen-bond donors (Lipinski definition) is 1. The van der Waals surface area contributed by atoms with Gasteiger partial charge >= 0.3 is 5.69 Å². The molecule has 3 aromatic heterocycles. The molecular weight excluding hydrogens is 522 g/mol. The summed E-state index contributed by atoms with van der Waals surface area (Å²) in [6.07, 6.45) is 1.38. The molecule has 0 radical (unpaired) electrons. The number of nitrogens with zero attached hydrogens (tertiary/aromatic N) is 5. The fourth-order valence-electron chi connectivity index (χ4n) is 3.68. The number of H-pyrrole nitrogens is 1. The lowest BCUT2D eigenvalue weighted by Crippen LogP contribution is -2.33. The third-order valence-electron chi connectivity index (χ3n) is 5.39. The first kappa shape index (κ1) is 24.1. The number of fused-ring (bicyclic) bond motifs is 1. The van der Waals surface area contributed by atoms with Crippen molar-refractivity contribution in [3.63, 3.8) is 0 Å². The van der Waals surface area contributed by atoms with Crippen LogP contribution in [-0.2, 0) is 0 Å². The number of nitrogens with one attached hydrogen (secondary N) is 1. The number of nitriles is 1. The molecule has 0 spiro atoms. The zero-order valence-corrected chi connectivity index (χ0v) is 20.3. The molecule has 37 heavy (non-hydrogen) atoms.